The highest BCUT2D eigenvalue weighted by atomic mass is 15.1. The zero-order valence-corrected chi connectivity index (χ0v) is 13.1. The molecule has 1 atom stereocenters. The van der Waals surface area contributed by atoms with Gasteiger partial charge in [-0.3, -0.25) is 0 Å². The molecule has 0 aliphatic carbocycles. The van der Waals surface area contributed by atoms with Gasteiger partial charge in [0.25, 0.3) is 0 Å². The Hall–Kier alpha value is -0.860. The Morgan fingerprint density at radius 3 is 2.50 bits per heavy atom. The summed E-state index contributed by atoms with van der Waals surface area (Å²) in [4.78, 5) is 2.65. The van der Waals surface area contributed by atoms with E-state index in [9.17, 15) is 0 Å². The predicted molar refractivity (Wildman–Crippen MR) is 86.9 cm³/mol. The summed E-state index contributed by atoms with van der Waals surface area (Å²) in [6, 6.07) is 11.3. The molecule has 0 amide bonds. The molecular weight excluding hydrogens is 244 g/mol. The molecule has 0 aromatic heterocycles. The number of hydrogen-bond donors (Lipinski definition) is 1. The first-order valence-corrected chi connectivity index (χ1v) is 8.28. The second-order valence-electron chi connectivity index (χ2n) is 6.11. The van der Waals surface area contributed by atoms with E-state index in [-0.39, 0.29) is 0 Å². The van der Waals surface area contributed by atoms with Crippen LogP contribution < -0.4 is 5.32 Å². The minimum Gasteiger partial charge on any atom is -0.313 e. The molecule has 0 bridgehead atoms. The summed E-state index contributed by atoms with van der Waals surface area (Å²) in [5, 5.41) is 3.46. The summed E-state index contributed by atoms with van der Waals surface area (Å²) in [6.07, 6.45) is 6.79. The maximum absolute atomic E-state index is 3.46. The largest absolute Gasteiger partial charge is 0.313 e. The minimum absolute atomic E-state index is 0.490. The number of hydrogen-bond acceptors (Lipinski definition) is 2. The number of likely N-dealkylation sites (tertiary alicyclic amines) is 1. The Bertz CT molecular complexity index is 355. The van der Waals surface area contributed by atoms with Gasteiger partial charge < -0.3 is 10.2 Å². The normalized spacial score (nSPS) is 19.1. The summed E-state index contributed by atoms with van der Waals surface area (Å²) >= 11 is 0. The second-order valence-corrected chi connectivity index (χ2v) is 6.11. The van der Waals surface area contributed by atoms with Gasteiger partial charge in [0.1, 0.15) is 0 Å². The molecule has 1 unspecified atom stereocenters. The first-order valence-electron chi connectivity index (χ1n) is 8.28. The molecule has 1 aliphatic rings. The Kier molecular flexibility index (Phi) is 6.55. The smallest absolute Gasteiger partial charge is 0.0329 e. The molecule has 2 nitrogen and oxygen atoms in total. The van der Waals surface area contributed by atoms with Crippen LogP contribution in [0.3, 0.4) is 0 Å². The van der Waals surface area contributed by atoms with Crippen molar-refractivity contribution < 1.29 is 0 Å². The standard InChI is InChI=1S/C18H30N2/c1-3-7-16-10-13-20(14-11-16)15-12-18(19-2)17-8-5-4-6-9-17/h4-6,8-9,16,18-19H,3,7,10-15H2,1-2H3. The third-order valence-electron chi connectivity index (χ3n) is 4.69. The van der Waals surface area contributed by atoms with Crippen molar-refractivity contribution in [3.8, 4) is 0 Å². The zero-order valence-electron chi connectivity index (χ0n) is 13.1. The van der Waals surface area contributed by atoms with Gasteiger partial charge in [-0.05, 0) is 57.4 Å². The summed E-state index contributed by atoms with van der Waals surface area (Å²) in [7, 11) is 2.07. The molecule has 1 fully saturated rings. The van der Waals surface area contributed by atoms with Crippen LogP contribution in [0.1, 0.15) is 50.6 Å². The molecule has 1 aliphatic heterocycles. The van der Waals surface area contributed by atoms with E-state index in [0.717, 1.165) is 5.92 Å². The lowest BCUT2D eigenvalue weighted by Gasteiger charge is -2.32. The van der Waals surface area contributed by atoms with Crippen LogP contribution >= 0.6 is 0 Å². The van der Waals surface area contributed by atoms with Gasteiger partial charge in [0.05, 0.1) is 0 Å². The topological polar surface area (TPSA) is 15.3 Å². The number of nitrogens with one attached hydrogen (secondary N) is 1. The van der Waals surface area contributed by atoms with E-state index in [1.54, 1.807) is 0 Å². The Balaban J connectivity index is 1.75. The number of rotatable bonds is 7. The van der Waals surface area contributed by atoms with Crippen molar-refractivity contribution in [3.63, 3.8) is 0 Å². The van der Waals surface area contributed by atoms with E-state index in [1.807, 2.05) is 0 Å². The lowest BCUT2D eigenvalue weighted by atomic mass is 9.92. The number of nitrogens with zero attached hydrogens (tertiary/aromatic N) is 1. The summed E-state index contributed by atoms with van der Waals surface area (Å²) in [5.74, 6) is 0.991. The molecule has 1 aromatic carbocycles. The van der Waals surface area contributed by atoms with Crippen molar-refractivity contribution in [1.29, 1.82) is 0 Å². The predicted octanol–water partition coefficient (Wildman–Crippen LogP) is 3.85. The van der Waals surface area contributed by atoms with Crippen LogP contribution in [0.15, 0.2) is 30.3 Å². The summed E-state index contributed by atoms with van der Waals surface area (Å²) in [6.45, 7) is 6.13. The molecule has 1 aromatic rings. The maximum atomic E-state index is 3.46. The van der Waals surface area contributed by atoms with Gasteiger partial charge in [-0.25, -0.2) is 0 Å². The second kappa shape index (κ2) is 8.43. The van der Waals surface area contributed by atoms with Crippen LogP contribution in [0.2, 0.25) is 0 Å². The van der Waals surface area contributed by atoms with Crippen molar-refractivity contribution in [2.75, 3.05) is 26.7 Å². The van der Waals surface area contributed by atoms with Crippen molar-refractivity contribution in [2.45, 2.75) is 45.1 Å². The molecule has 2 rings (SSSR count). The Morgan fingerprint density at radius 2 is 1.90 bits per heavy atom. The molecular formula is C18H30N2. The van der Waals surface area contributed by atoms with Gasteiger partial charge in [-0.1, -0.05) is 50.1 Å². The molecule has 1 heterocycles. The van der Waals surface area contributed by atoms with Crippen molar-refractivity contribution >= 4 is 0 Å². The summed E-state index contributed by atoms with van der Waals surface area (Å²) in [5.41, 5.74) is 1.41. The molecule has 0 saturated carbocycles. The van der Waals surface area contributed by atoms with Crippen LogP contribution in [0, 0.1) is 5.92 Å². The van der Waals surface area contributed by atoms with Crippen LogP contribution in [-0.2, 0) is 0 Å². The van der Waals surface area contributed by atoms with Crippen LogP contribution in [0.5, 0.6) is 0 Å². The first-order chi connectivity index (χ1) is 9.83. The SMILES string of the molecule is CCCC1CCN(CCC(NC)c2ccccc2)CC1. The van der Waals surface area contributed by atoms with Gasteiger partial charge in [-0.2, -0.15) is 0 Å². The third-order valence-corrected chi connectivity index (χ3v) is 4.69. The Morgan fingerprint density at radius 1 is 1.20 bits per heavy atom. The molecule has 1 saturated heterocycles. The monoisotopic (exact) mass is 274 g/mol. The van der Waals surface area contributed by atoms with E-state index in [2.05, 4.69) is 54.5 Å². The lowest BCUT2D eigenvalue weighted by molar-refractivity contribution is 0.172. The van der Waals surface area contributed by atoms with Crippen LogP contribution in [0.25, 0.3) is 0 Å². The van der Waals surface area contributed by atoms with Gasteiger partial charge in [0, 0.05) is 6.04 Å². The van der Waals surface area contributed by atoms with Gasteiger partial charge in [0.15, 0.2) is 0 Å². The third kappa shape index (κ3) is 4.60. The van der Waals surface area contributed by atoms with Gasteiger partial charge in [0.2, 0.25) is 0 Å². The van der Waals surface area contributed by atoms with Crippen molar-refractivity contribution in [1.82, 2.24) is 10.2 Å². The molecule has 20 heavy (non-hydrogen) atoms. The fourth-order valence-electron chi connectivity index (χ4n) is 3.38. The first kappa shape index (κ1) is 15.5. The van der Waals surface area contributed by atoms with E-state index in [0.29, 0.717) is 6.04 Å². The van der Waals surface area contributed by atoms with E-state index >= 15 is 0 Å². The molecule has 0 radical (unpaired) electrons. The maximum Gasteiger partial charge on any atom is 0.0329 e. The molecule has 112 valence electrons. The average Bonchev–Trinajstić information content (AvgIpc) is 2.51. The van der Waals surface area contributed by atoms with Crippen LogP contribution in [0.4, 0.5) is 0 Å². The number of piperidine rings is 1. The quantitative estimate of drug-likeness (QED) is 0.812. The van der Waals surface area contributed by atoms with Gasteiger partial charge in [-0.15, -0.1) is 0 Å². The molecule has 2 heteroatoms. The fourth-order valence-corrected chi connectivity index (χ4v) is 3.38. The van der Waals surface area contributed by atoms with E-state index in [1.165, 1.54) is 57.3 Å². The van der Waals surface area contributed by atoms with Crippen LogP contribution in [-0.4, -0.2) is 31.6 Å². The van der Waals surface area contributed by atoms with Crippen molar-refractivity contribution in [2.24, 2.45) is 5.92 Å². The summed E-state index contributed by atoms with van der Waals surface area (Å²) < 4.78 is 0. The molecule has 0 spiro atoms. The average molecular weight is 274 g/mol. The van der Waals surface area contributed by atoms with Gasteiger partial charge >= 0.3 is 0 Å². The Labute approximate surface area is 124 Å². The number of benzene rings is 1. The lowest BCUT2D eigenvalue weighted by Crippen LogP contribution is -2.35. The van der Waals surface area contributed by atoms with E-state index < -0.39 is 0 Å². The van der Waals surface area contributed by atoms with Crippen molar-refractivity contribution in [3.05, 3.63) is 35.9 Å². The fraction of sp³-hybridized carbons (Fsp3) is 0.667. The molecule has 1 N–H and O–H groups in total. The van der Waals surface area contributed by atoms with E-state index in [4.69, 9.17) is 0 Å². The highest BCUT2D eigenvalue weighted by Crippen LogP contribution is 2.23. The minimum atomic E-state index is 0.490. The highest BCUT2D eigenvalue weighted by Gasteiger charge is 2.19. The zero-order chi connectivity index (χ0) is 14.2. The highest BCUT2D eigenvalue weighted by molar-refractivity contribution is 5.18.